The molecular weight excluding hydrogens is 344 g/mol. The summed E-state index contributed by atoms with van der Waals surface area (Å²) in [5, 5.41) is 3.13. The molecule has 0 bridgehead atoms. The van der Waals surface area contributed by atoms with Gasteiger partial charge in [0.05, 0.1) is 21.3 Å². The lowest BCUT2D eigenvalue weighted by atomic mass is 10.3. The second-order valence-corrected chi connectivity index (χ2v) is 6.21. The van der Waals surface area contributed by atoms with Crippen LogP contribution in [0.25, 0.3) is 0 Å². The van der Waals surface area contributed by atoms with Crippen LogP contribution in [0.4, 0.5) is 0 Å². The van der Waals surface area contributed by atoms with Crippen molar-refractivity contribution in [2.45, 2.75) is 18.2 Å². The molecule has 2 N–H and O–H groups in total. The molecule has 23 heavy (non-hydrogen) atoms. The van der Waals surface area contributed by atoms with Crippen LogP contribution in [0.5, 0.6) is 17.2 Å². The molecule has 1 aromatic rings. The second-order valence-electron chi connectivity index (χ2n) is 4.51. The fraction of sp³-hybridized carbons (Fsp3) is 0.571. The summed E-state index contributed by atoms with van der Waals surface area (Å²) in [7, 11) is 0.530. The van der Waals surface area contributed by atoms with Gasteiger partial charge in [0, 0.05) is 25.2 Å². The van der Waals surface area contributed by atoms with Crippen molar-refractivity contribution in [3.05, 3.63) is 12.1 Å². The van der Waals surface area contributed by atoms with Crippen molar-refractivity contribution in [2.24, 2.45) is 0 Å². The van der Waals surface area contributed by atoms with Crippen LogP contribution in [0.2, 0.25) is 0 Å². The molecule has 0 aliphatic carbocycles. The summed E-state index contributed by atoms with van der Waals surface area (Å²) >= 11 is 0. The van der Waals surface area contributed by atoms with Gasteiger partial charge in [0.15, 0.2) is 4.90 Å². The maximum absolute atomic E-state index is 12.5. The van der Waals surface area contributed by atoms with Gasteiger partial charge in [0.2, 0.25) is 10.0 Å². The van der Waals surface area contributed by atoms with E-state index in [1.54, 1.807) is 0 Å². The Morgan fingerprint density at radius 3 is 1.96 bits per heavy atom. The normalized spacial score (nSPS) is 10.8. The van der Waals surface area contributed by atoms with Crippen LogP contribution in [0, 0.1) is 0 Å². The third kappa shape index (κ3) is 6.06. The molecular formula is C14H25ClN2O5S. The molecule has 0 aromatic heterocycles. The molecule has 0 heterocycles. The minimum Gasteiger partial charge on any atom is -0.496 e. The molecule has 7 nitrogen and oxygen atoms in total. The number of hydrogen-bond acceptors (Lipinski definition) is 6. The Morgan fingerprint density at radius 2 is 1.52 bits per heavy atom. The highest BCUT2D eigenvalue weighted by molar-refractivity contribution is 7.89. The monoisotopic (exact) mass is 368 g/mol. The van der Waals surface area contributed by atoms with Crippen molar-refractivity contribution in [1.82, 2.24) is 10.0 Å². The first kappa shape index (κ1) is 21.8. The number of halogens is 1. The molecule has 0 fully saturated rings. The first-order valence-electron chi connectivity index (χ1n) is 7.00. The zero-order valence-electron chi connectivity index (χ0n) is 13.8. The number of benzene rings is 1. The summed E-state index contributed by atoms with van der Waals surface area (Å²) in [6, 6.07) is 3.01. The fourth-order valence-electron chi connectivity index (χ4n) is 1.89. The highest BCUT2D eigenvalue weighted by Gasteiger charge is 2.25. The van der Waals surface area contributed by atoms with E-state index < -0.39 is 10.0 Å². The number of hydrogen-bond donors (Lipinski definition) is 2. The first-order valence-corrected chi connectivity index (χ1v) is 8.48. The van der Waals surface area contributed by atoms with Crippen molar-refractivity contribution in [3.63, 3.8) is 0 Å². The predicted molar refractivity (Wildman–Crippen MR) is 91.7 cm³/mol. The van der Waals surface area contributed by atoms with E-state index in [9.17, 15) is 8.42 Å². The summed E-state index contributed by atoms with van der Waals surface area (Å²) in [6.45, 7) is 3.72. The molecule has 1 rings (SSSR count). The lowest BCUT2D eigenvalue weighted by Gasteiger charge is -2.15. The lowest BCUT2D eigenvalue weighted by Crippen LogP contribution is -2.32. The minimum absolute atomic E-state index is 0. The Kier molecular flexibility index (Phi) is 9.98. The Hall–Kier alpha value is -1.22. The van der Waals surface area contributed by atoms with Crippen LogP contribution in [0.3, 0.4) is 0 Å². The van der Waals surface area contributed by atoms with Gasteiger partial charge < -0.3 is 19.5 Å². The summed E-state index contributed by atoms with van der Waals surface area (Å²) in [6.07, 6.45) is 0.993. The van der Waals surface area contributed by atoms with Gasteiger partial charge in [-0.1, -0.05) is 6.92 Å². The predicted octanol–water partition coefficient (Wildman–Crippen LogP) is 1.41. The van der Waals surface area contributed by atoms with Crippen LogP contribution in [-0.2, 0) is 10.0 Å². The quantitative estimate of drug-likeness (QED) is 0.607. The van der Waals surface area contributed by atoms with Gasteiger partial charge >= 0.3 is 0 Å². The molecule has 0 saturated carbocycles. The molecule has 0 saturated heterocycles. The minimum atomic E-state index is -3.75. The van der Waals surface area contributed by atoms with Crippen LogP contribution >= 0.6 is 12.4 Å². The molecule has 0 aliphatic heterocycles. The average molecular weight is 369 g/mol. The summed E-state index contributed by atoms with van der Waals surface area (Å²) in [5.74, 6) is 0.799. The van der Waals surface area contributed by atoms with Gasteiger partial charge in [0.1, 0.15) is 17.2 Å². The molecule has 134 valence electrons. The first-order chi connectivity index (χ1) is 10.5. The zero-order valence-corrected chi connectivity index (χ0v) is 15.5. The van der Waals surface area contributed by atoms with Crippen LogP contribution in [0.1, 0.15) is 13.3 Å². The number of ether oxygens (including phenoxy) is 3. The van der Waals surface area contributed by atoms with Gasteiger partial charge in [0.25, 0.3) is 0 Å². The van der Waals surface area contributed by atoms with Crippen molar-refractivity contribution < 1.29 is 22.6 Å². The lowest BCUT2D eigenvalue weighted by molar-refractivity contribution is 0.359. The molecule has 0 unspecified atom stereocenters. The SMILES string of the molecule is CCCNCCNS(=O)(=O)c1c(OC)cc(OC)cc1OC.Cl. The van der Waals surface area contributed by atoms with Crippen LogP contribution in [0.15, 0.2) is 17.0 Å². The van der Waals surface area contributed by atoms with E-state index in [1.165, 1.54) is 33.5 Å². The van der Waals surface area contributed by atoms with E-state index in [-0.39, 0.29) is 35.3 Å². The molecule has 9 heteroatoms. The Morgan fingerprint density at radius 1 is 0.957 bits per heavy atom. The summed E-state index contributed by atoms with van der Waals surface area (Å²) in [5.41, 5.74) is 0. The van der Waals surface area contributed by atoms with Gasteiger partial charge in [-0.2, -0.15) is 0 Å². The zero-order chi connectivity index (χ0) is 16.6. The number of rotatable bonds is 10. The van der Waals surface area contributed by atoms with E-state index in [0.29, 0.717) is 12.3 Å². The summed E-state index contributed by atoms with van der Waals surface area (Å²) in [4.78, 5) is -0.0335. The maximum Gasteiger partial charge on any atom is 0.248 e. The smallest absolute Gasteiger partial charge is 0.248 e. The largest absolute Gasteiger partial charge is 0.496 e. The number of methoxy groups -OCH3 is 3. The van der Waals surface area contributed by atoms with Gasteiger partial charge in [-0.05, 0) is 13.0 Å². The van der Waals surface area contributed by atoms with Gasteiger partial charge in [-0.25, -0.2) is 13.1 Å². The van der Waals surface area contributed by atoms with E-state index in [4.69, 9.17) is 14.2 Å². The number of sulfonamides is 1. The third-order valence-corrected chi connectivity index (χ3v) is 4.48. The highest BCUT2D eigenvalue weighted by Crippen LogP contribution is 2.37. The topological polar surface area (TPSA) is 85.9 Å². The fourth-order valence-corrected chi connectivity index (χ4v) is 3.22. The van der Waals surface area contributed by atoms with Crippen molar-refractivity contribution in [3.8, 4) is 17.2 Å². The molecule has 0 radical (unpaired) electrons. The molecule has 0 spiro atoms. The van der Waals surface area contributed by atoms with E-state index in [0.717, 1.165) is 13.0 Å². The Bertz CT molecular complexity index is 556. The van der Waals surface area contributed by atoms with E-state index in [2.05, 4.69) is 10.0 Å². The second kappa shape index (κ2) is 10.5. The Balaban J connectivity index is 0.00000484. The molecule has 0 atom stereocenters. The van der Waals surface area contributed by atoms with Gasteiger partial charge in [-0.3, -0.25) is 0 Å². The molecule has 1 aromatic carbocycles. The highest BCUT2D eigenvalue weighted by atomic mass is 35.5. The molecule has 0 amide bonds. The average Bonchev–Trinajstić information content (AvgIpc) is 2.52. The van der Waals surface area contributed by atoms with Gasteiger partial charge in [-0.15, -0.1) is 12.4 Å². The van der Waals surface area contributed by atoms with Crippen molar-refractivity contribution in [1.29, 1.82) is 0 Å². The third-order valence-electron chi connectivity index (χ3n) is 2.96. The van der Waals surface area contributed by atoms with Crippen molar-refractivity contribution in [2.75, 3.05) is 41.0 Å². The van der Waals surface area contributed by atoms with E-state index >= 15 is 0 Å². The summed E-state index contributed by atoms with van der Waals surface area (Å²) < 4.78 is 42.9. The van der Waals surface area contributed by atoms with Crippen molar-refractivity contribution >= 4 is 22.4 Å². The standard InChI is InChI=1S/C14H24N2O5S.ClH/c1-5-6-15-7-8-16-22(17,18)14-12(20-3)9-11(19-2)10-13(14)21-4;/h9-10,15-16H,5-8H2,1-4H3;1H. The van der Waals surface area contributed by atoms with Crippen LogP contribution < -0.4 is 24.2 Å². The Labute approximate surface area is 144 Å². The van der Waals surface area contributed by atoms with E-state index in [1.807, 2.05) is 6.92 Å². The van der Waals surface area contributed by atoms with Crippen LogP contribution in [-0.4, -0.2) is 49.4 Å². The molecule has 0 aliphatic rings. The number of nitrogens with one attached hydrogen (secondary N) is 2. The maximum atomic E-state index is 12.5.